The van der Waals surface area contributed by atoms with Crippen molar-refractivity contribution in [1.82, 2.24) is 5.32 Å². The van der Waals surface area contributed by atoms with Crippen LogP contribution in [0.15, 0.2) is 83.8 Å². The first kappa shape index (κ1) is 23.9. The number of sulfonamides is 1. The second-order valence-corrected chi connectivity index (χ2v) is 9.57. The molecule has 0 atom stereocenters. The van der Waals surface area contributed by atoms with Crippen LogP contribution in [0, 0.1) is 0 Å². The molecule has 180 valence electrons. The smallest absolute Gasteiger partial charge is 0.261 e. The Kier molecular flexibility index (Phi) is 6.79. The first-order valence-electron chi connectivity index (χ1n) is 10.7. The van der Waals surface area contributed by atoms with Gasteiger partial charge in [-0.1, -0.05) is 18.2 Å². The molecule has 1 amide bonds. The van der Waals surface area contributed by atoms with E-state index in [2.05, 4.69) is 10.0 Å². The Bertz CT molecular complexity index is 1470. The van der Waals surface area contributed by atoms with Crippen molar-refractivity contribution >= 4 is 32.4 Å². The van der Waals surface area contributed by atoms with Crippen LogP contribution in [0.4, 0.5) is 5.69 Å². The number of carbonyl (C=O) groups is 1. The van der Waals surface area contributed by atoms with Gasteiger partial charge in [0, 0.05) is 12.2 Å². The molecule has 0 fully saturated rings. The van der Waals surface area contributed by atoms with Crippen LogP contribution >= 0.6 is 0 Å². The topological polar surface area (TPSA) is 125 Å². The Morgan fingerprint density at radius 2 is 1.60 bits per heavy atom. The molecule has 4 N–H and O–H groups in total. The number of nitrogens with one attached hydrogen (secondary N) is 2. The number of aromatic hydroxyl groups is 2. The molecule has 4 aromatic rings. The van der Waals surface area contributed by atoms with Crippen LogP contribution < -0.4 is 14.8 Å². The summed E-state index contributed by atoms with van der Waals surface area (Å²) in [6.45, 7) is 0.313. The van der Waals surface area contributed by atoms with Crippen molar-refractivity contribution in [3.05, 3.63) is 90.0 Å². The summed E-state index contributed by atoms with van der Waals surface area (Å²) in [6, 6.07) is 20.6. The van der Waals surface area contributed by atoms with Crippen LogP contribution in [-0.2, 0) is 16.4 Å². The zero-order valence-corrected chi connectivity index (χ0v) is 19.7. The number of rotatable bonds is 8. The number of phenolic OH excluding ortho intramolecular Hbond substituents is 2. The lowest BCUT2D eigenvalue weighted by Gasteiger charge is -2.11. The molecule has 8 nitrogen and oxygen atoms in total. The van der Waals surface area contributed by atoms with Crippen LogP contribution in [-0.4, -0.2) is 38.2 Å². The summed E-state index contributed by atoms with van der Waals surface area (Å²) in [7, 11) is -2.23. The fourth-order valence-electron chi connectivity index (χ4n) is 3.58. The maximum absolute atomic E-state index is 12.6. The number of amides is 1. The van der Waals surface area contributed by atoms with Gasteiger partial charge in [0.25, 0.3) is 15.9 Å². The molecule has 0 radical (unpaired) electrons. The van der Waals surface area contributed by atoms with Crippen LogP contribution in [0.3, 0.4) is 0 Å². The Hall–Kier alpha value is -4.24. The second kappa shape index (κ2) is 9.94. The highest BCUT2D eigenvalue weighted by Crippen LogP contribution is 2.27. The molecule has 0 saturated heterocycles. The molecule has 0 aliphatic heterocycles. The average Bonchev–Trinajstić information content (AvgIpc) is 2.84. The number of carbonyl (C=O) groups excluding carboxylic acids is 1. The van der Waals surface area contributed by atoms with Gasteiger partial charge in [0.15, 0.2) is 0 Å². The van der Waals surface area contributed by atoms with E-state index in [0.717, 1.165) is 5.56 Å². The maximum Gasteiger partial charge on any atom is 0.261 e. The summed E-state index contributed by atoms with van der Waals surface area (Å²) in [4.78, 5) is 12.7. The van der Waals surface area contributed by atoms with Crippen molar-refractivity contribution in [3.8, 4) is 17.2 Å². The minimum absolute atomic E-state index is 0.0734. The minimum Gasteiger partial charge on any atom is -0.508 e. The Morgan fingerprint density at radius 3 is 2.29 bits per heavy atom. The standard InChI is InChI=1S/C26H24N2O6S/c1-34-22-8-10-23(11-9-22)35(32,33)28-20-5-2-17(3-6-20)12-13-27-26(31)24-15-19-14-21(29)7-4-18(19)16-25(24)30/h2-11,14-16,28-30H,12-13H2,1H3,(H,27,31). The van der Waals surface area contributed by atoms with E-state index in [1.807, 2.05) is 0 Å². The second-order valence-electron chi connectivity index (χ2n) is 7.88. The van der Waals surface area contributed by atoms with Crippen molar-refractivity contribution in [2.75, 3.05) is 18.4 Å². The van der Waals surface area contributed by atoms with Crippen molar-refractivity contribution in [1.29, 1.82) is 0 Å². The Morgan fingerprint density at radius 1 is 0.886 bits per heavy atom. The Balaban J connectivity index is 1.35. The molecule has 0 heterocycles. The zero-order chi connectivity index (χ0) is 25.0. The van der Waals surface area contributed by atoms with Gasteiger partial charge in [-0.3, -0.25) is 9.52 Å². The largest absolute Gasteiger partial charge is 0.508 e. The number of ether oxygens (including phenoxy) is 1. The molecule has 0 unspecified atom stereocenters. The third-order valence-corrected chi connectivity index (χ3v) is 6.86. The summed E-state index contributed by atoms with van der Waals surface area (Å²) in [5.74, 6) is 0.0607. The molecule has 0 saturated carbocycles. The molecule has 4 aromatic carbocycles. The first-order valence-corrected chi connectivity index (χ1v) is 12.2. The summed E-state index contributed by atoms with van der Waals surface area (Å²) in [5.41, 5.74) is 1.43. The molecule has 4 rings (SSSR count). The summed E-state index contributed by atoms with van der Waals surface area (Å²) < 4.78 is 32.7. The van der Waals surface area contributed by atoms with Crippen molar-refractivity contribution in [2.24, 2.45) is 0 Å². The van der Waals surface area contributed by atoms with Gasteiger partial charge in [-0.2, -0.15) is 0 Å². The molecule has 0 aliphatic carbocycles. The summed E-state index contributed by atoms with van der Waals surface area (Å²) in [5, 5.41) is 24.0. The number of anilines is 1. The van der Waals surface area contributed by atoms with E-state index >= 15 is 0 Å². The quantitative estimate of drug-likeness (QED) is 0.294. The van der Waals surface area contributed by atoms with E-state index in [4.69, 9.17) is 4.74 Å². The fraction of sp³-hybridized carbons (Fsp3) is 0.115. The number of benzene rings is 4. The number of hydrogen-bond donors (Lipinski definition) is 4. The van der Waals surface area contributed by atoms with Gasteiger partial charge >= 0.3 is 0 Å². The third-order valence-electron chi connectivity index (χ3n) is 5.46. The monoisotopic (exact) mass is 492 g/mol. The normalized spacial score (nSPS) is 11.2. The molecule has 0 aromatic heterocycles. The van der Waals surface area contributed by atoms with Crippen molar-refractivity contribution < 1.29 is 28.2 Å². The SMILES string of the molecule is COc1ccc(S(=O)(=O)Nc2ccc(CCNC(=O)c3cc4cc(O)ccc4cc3O)cc2)cc1. The predicted octanol–water partition coefficient (Wildman–Crippen LogP) is 4.03. The number of hydrogen-bond acceptors (Lipinski definition) is 6. The minimum atomic E-state index is -3.73. The summed E-state index contributed by atoms with van der Waals surface area (Å²) >= 11 is 0. The lowest BCUT2D eigenvalue weighted by Crippen LogP contribution is -2.25. The highest BCUT2D eigenvalue weighted by Gasteiger charge is 2.15. The van der Waals surface area contributed by atoms with Crippen LogP contribution in [0.2, 0.25) is 0 Å². The van der Waals surface area contributed by atoms with Gasteiger partial charge in [0.1, 0.15) is 17.2 Å². The Labute approximate surface area is 202 Å². The lowest BCUT2D eigenvalue weighted by atomic mass is 10.0. The average molecular weight is 493 g/mol. The zero-order valence-electron chi connectivity index (χ0n) is 18.9. The molecule has 0 spiro atoms. The highest BCUT2D eigenvalue weighted by molar-refractivity contribution is 7.92. The third kappa shape index (κ3) is 5.64. The van der Waals surface area contributed by atoms with Gasteiger partial charge < -0.3 is 20.3 Å². The number of methoxy groups -OCH3 is 1. The van der Waals surface area contributed by atoms with Gasteiger partial charge in [0.2, 0.25) is 0 Å². The number of phenols is 2. The van der Waals surface area contributed by atoms with E-state index in [1.165, 1.54) is 43.5 Å². The maximum atomic E-state index is 12.6. The van der Waals surface area contributed by atoms with E-state index in [9.17, 15) is 23.4 Å². The molecule has 0 aliphatic rings. The highest BCUT2D eigenvalue weighted by atomic mass is 32.2. The van der Waals surface area contributed by atoms with Gasteiger partial charge in [-0.25, -0.2) is 8.42 Å². The molecular weight excluding hydrogens is 468 g/mol. The fourth-order valence-corrected chi connectivity index (χ4v) is 4.64. The van der Waals surface area contributed by atoms with Crippen molar-refractivity contribution in [2.45, 2.75) is 11.3 Å². The van der Waals surface area contributed by atoms with E-state index in [0.29, 0.717) is 35.2 Å². The van der Waals surface area contributed by atoms with Crippen LogP contribution in [0.5, 0.6) is 17.2 Å². The van der Waals surface area contributed by atoms with E-state index in [-0.39, 0.29) is 22.0 Å². The summed E-state index contributed by atoms with van der Waals surface area (Å²) in [6.07, 6.45) is 0.506. The molecular formula is C26H24N2O6S. The van der Waals surface area contributed by atoms with E-state index in [1.54, 1.807) is 42.5 Å². The lowest BCUT2D eigenvalue weighted by molar-refractivity contribution is 0.0951. The predicted molar refractivity (Wildman–Crippen MR) is 134 cm³/mol. The van der Waals surface area contributed by atoms with Crippen LogP contribution in [0.1, 0.15) is 15.9 Å². The van der Waals surface area contributed by atoms with Crippen molar-refractivity contribution in [3.63, 3.8) is 0 Å². The molecule has 0 bridgehead atoms. The van der Waals surface area contributed by atoms with Gasteiger partial charge in [0.05, 0.1) is 17.6 Å². The number of fused-ring (bicyclic) bond motifs is 1. The molecule has 9 heteroatoms. The van der Waals surface area contributed by atoms with Gasteiger partial charge in [-0.05, 0) is 83.4 Å². The molecule has 35 heavy (non-hydrogen) atoms. The van der Waals surface area contributed by atoms with Crippen LogP contribution in [0.25, 0.3) is 10.8 Å². The first-order chi connectivity index (χ1) is 16.7. The van der Waals surface area contributed by atoms with E-state index < -0.39 is 15.9 Å². The van der Waals surface area contributed by atoms with Gasteiger partial charge in [-0.15, -0.1) is 0 Å².